The highest BCUT2D eigenvalue weighted by Crippen LogP contribution is 2.23. The van der Waals surface area contributed by atoms with Gasteiger partial charge in [0.2, 0.25) is 0 Å². The quantitative estimate of drug-likeness (QED) is 0.916. The summed E-state index contributed by atoms with van der Waals surface area (Å²) in [5, 5.41) is 2.99. The number of hydrogen-bond donors (Lipinski definition) is 1. The number of anilines is 1. The zero-order valence-electron chi connectivity index (χ0n) is 8.20. The molecular formula is C9H7Cl2N3OS. The van der Waals surface area contributed by atoms with E-state index in [1.165, 1.54) is 16.2 Å². The van der Waals surface area contributed by atoms with Gasteiger partial charge in [-0.05, 0) is 17.5 Å². The van der Waals surface area contributed by atoms with E-state index >= 15 is 0 Å². The Morgan fingerprint density at radius 1 is 1.56 bits per heavy atom. The molecule has 0 saturated heterocycles. The van der Waals surface area contributed by atoms with Gasteiger partial charge in [0, 0.05) is 7.05 Å². The molecule has 7 heteroatoms. The second kappa shape index (κ2) is 4.45. The van der Waals surface area contributed by atoms with Crippen LogP contribution < -0.4 is 4.90 Å². The molecule has 0 aliphatic heterocycles. The van der Waals surface area contributed by atoms with E-state index in [1.807, 2.05) is 17.5 Å². The zero-order chi connectivity index (χ0) is 11.7. The number of carbonyl (C=O) groups excluding carboxylic acids is 1. The van der Waals surface area contributed by atoms with E-state index in [0.717, 1.165) is 5.00 Å². The van der Waals surface area contributed by atoms with Gasteiger partial charge in [-0.25, -0.2) is 4.98 Å². The SMILES string of the molecule is CN(C(=O)c1nc(Cl)c(Cl)[nH]1)c1cccs1. The molecule has 0 fully saturated rings. The molecule has 0 aliphatic carbocycles. The number of nitrogens with zero attached hydrogens (tertiary/aromatic N) is 2. The Balaban J connectivity index is 2.26. The molecule has 2 rings (SSSR count). The second-order valence-corrected chi connectivity index (χ2v) is 4.67. The number of amides is 1. The molecule has 16 heavy (non-hydrogen) atoms. The van der Waals surface area contributed by atoms with Gasteiger partial charge in [0.15, 0.2) is 11.0 Å². The molecule has 1 N–H and O–H groups in total. The van der Waals surface area contributed by atoms with Crippen molar-refractivity contribution in [3.63, 3.8) is 0 Å². The van der Waals surface area contributed by atoms with E-state index in [9.17, 15) is 4.79 Å². The molecular weight excluding hydrogens is 269 g/mol. The number of nitrogens with one attached hydrogen (secondary N) is 1. The highest BCUT2D eigenvalue weighted by Gasteiger charge is 2.19. The van der Waals surface area contributed by atoms with Gasteiger partial charge in [0.05, 0.1) is 5.00 Å². The lowest BCUT2D eigenvalue weighted by Gasteiger charge is -2.12. The third-order valence-corrected chi connectivity index (χ3v) is 3.55. The van der Waals surface area contributed by atoms with Gasteiger partial charge >= 0.3 is 0 Å². The van der Waals surface area contributed by atoms with Crippen molar-refractivity contribution in [3.05, 3.63) is 33.6 Å². The number of aromatic nitrogens is 2. The van der Waals surface area contributed by atoms with Crippen molar-refractivity contribution in [2.75, 3.05) is 11.9 Å². The fraction of sp³-hybridized carbons (Fsp3) is 0.111. The van der Waals surface area contributed by atoms with Crippen LogP contribution in [0, 0.1) is 0 Å². The van der Waals surface area contributed by atoms with Crippen LogP contribution in [0.25, 0.3) is 0 Å². The monoisotopic (exact) mass is 275 g/mol. The lowest BCUT2D eigenvalue weighted by molar-refractivity contribution is 0.0984. The van der Waals surface area contributed by atoms with Crippen LogP contribution in [0.15, 0.2) is 17.5 Å². The number of aromatic amines is 1. The summed E-state index contributed by atoms with van der Waals surface area (Å²) >= 11 is 12.8. The summed E-state index contributed by atoms with van der Waals surface area (Å²) in [5.74, 6) is -0.151. The molecule has 0 atom stereocenters. The molecule has 0 saturated carbocycles. The van der Waals surface area contributed by atoms with Crippen LogP contribution in [0.4, 0.5) is 5.00 Å². The predicted molar refractivity (Wildman–Crippen MR) is 65.7 cm³/mol. The lowest BCUT2D eigenvalue weighted by Crippen LogP contribution is -2.26. The van der Waals surface area contributed by atoms with Crippen LogP contribution in [0.3, 0.4) is 0 Å². The molecule has 2 aromatic rings. The lowest BCUT2D eigenvalue weighted by atomic mass is 10.5. The number of carbonyl (C=O) groups is 1. The first kappa shape index (κ1) is 11.4. The molecule has 0 spiro atoms. The molecule has 0 unspecified atom stereocenters. The maximum atomic E-state index is 11.9. The van der Waals surface area contributed by atoms with Gasteiger partial charge in [-0.3, -0.25) is 4.79 Å². The molecule has 2 aromatic heterocycles. The van der Waals surface area contributed by atoms with Crippen molar-refractivity contribution in [1.82, 2.24) is 9.97 Å². The van der Waals surface area contributed by atoms with Crippen LogP contribution >= 0.6 is 34.5 Å². The number of halogens is 2. The van der Waals surface area contributed by atoms with Gasteiger partial charge in [0.25, 0.3) is 5.91 Å². The Morgan fingerprint density at radius 3 is 2.81 bits per heavy atom. The Labute approximate surface area is 106 Å². The highest BCUT2D eigenvalue weighted by molar-refractivity contribution is 7.14. The van der Waals surface area contributed by atoms with E-state index in [1.54, 1.807) is 7.05 Å². The van der Waals surface area contributed by atoms with Crippen LogP contribution in [0.5, 0.6) is 0 Å². The van der Waals surface area contributed by atoms with Crippen LogP contribution in [-0.2, 0) is 0 Å². The molecule has 1 amide bonds. The molecule has 0 radical (unpaired) electrons. The van der Waals surface area contributed by atoms with Gasteiger partial charge in [-0.15, -0.1) is 11.3 Å². The third-order valence-electron chi connectivity index (χ3n) is 1.96. The van der Waals surface area contributed by atoms with Crippen molar-refractivity contribution in [2.24, 2.45) is 0 Å². The molecule has 84 valence electrons. The van der Waals surface area contributed by atoms with Gasteiger partial charge in [0.1, 0.15) is 5.15 Å². The number of H-pyrrole nitrogens is 1. The third kappa shape index (κ3) is 2.07. The number of thiophene rings is 1. The standard InChI is InChI=1S/C9H7Cl2N3OS/c1-14(5-3-2-4-16-5)9(15)8-12-6(10)7(11)13-8/h2-4H,1H3,(H,12,13). The smallest absolute Gasteiger partial charge is 0.294 e. The summed E-state index contributed by atoms with van der Waals surface area (Å²) in [4.78, 5) is 19.9. The fourth-order valence-electron chi connectivity index (χ4n) is 1.15. The molecule has 0 aliphatic rings. The first-order valence-corrected chi connectivity index (χ1v) is 5.95. The van der Waals surface area contributed by atoms with E-state index in [4.69, 9.17) is 23.2 Å². The van der Waals surface area contributed by atoms with Crippen molar-refractivity contribution in [2.45, 2.75) is 0 Å². The minimum Gasteiger partial charge on any atom is -0.324 e. The van der Waals surface area contributed by atoms with Crippen molar-refractivity contribution in [3.8, 4) is 0 Å². The molecule has 2 heterocycles. The molecule has 0 bridgehead atoms. The Hall–Kier alpha value is -1.04. The van der Waals surface area contributed by atoms with Crippen molar-refractivity contribution < 1.29 is 4.79 Å². The number of rotatable bonds is 2. The predicted octanol–water partition coefficient (Wildman–Crippen LogP) is 3.05. The van der Waals surface area contributed by atoms with Gasteiger partial charge in [-0.2, -0.15) is 0 Å². The average molecular weight is 276 g/mol. The average Bonchev–Trinajstić information content (AvgIpc) is 2.87. The van der Waals surface area contributed by atoms with Crippen LogP contribution in [0.1, 0.15) is 10.6 Å². The number of hydrogen-bond acceptors (Lipinski definition) is 3. The minimum absolute atomic E-state index is 0.101. The summed E-state index contributed by atoms with van der Waals surface area (Å²) in [6.45, 7) is 0. The second-order valence-electron chi connectivity index (χ2n) is 3.01. The van der Waals surface area contributed by atoms with Crippen LogP contribution in [0.2, 0.25) is 10.3 Å². The summed E-state index contributed by atoms with van der Waals surface area (Å²) in [6.07, 6.45) is 0. The minimum atomic E-state index is -0.281. The van der Waals surface area contributed by atoms with Crippen molar-refractivity contribution >= 4 is 45.4 Å². The summed E-state index contributed by atoms with van der Waals surface area (Å²) < 4.78 is 0. The first-order chi connectivity index (χ1) is 7.59. The molecule has 4 nitrogen and oxygen atoms in total. The maximum absolute atomic E-state index is 11.9. The van der Waals surface area contributed by atoms with E-state index < -0.39 is 0 Å². The Morgan fingerprint density at radius 2 is 2.31 bits per heavy atom. The van der Waals surface area contributed by atoms with Crippen LogP contribution in [-0.4, -0.2) is 22.9 Å². The largest absolute Gasteiger partial charge is 0.324 e. The highest BCUT2D eigenvalue weighted by atomic mass is 35.5. The van der Waals surface area contributed by atoms with Gasteiger partial charge in [-0.1, -0.05) is 23.2 Å². The molecule has 0 aromatic carbocycles. The maximum Gasteiger partial charge on any atom is 0.294 e. The number of imidazole rings is 1. The summed E-state index contributed by atoms with van der Waals surface area (Å²) in [5.41, 5.74) is 0. The van der Waals surface area contributed by atoms with E-state index in [2.05, 4.69) is 9.97 Å². The first-order valence-electron chi connectivity index (χ1n) is 4.32. The zero-order valence-corrected chi connectivity index (χ0v) is 10.5. The Kier molecular flexibility index (Phi) is 3.18. The Bertz CT molecular complexity index is 489. The van der Waals surface area contributed by atoms with Gasteiger partial charge < -0.3 is 9.88 Å². The fourth-order valence-corrected chi connectivity index (χ4v) is 2.11. The van der Waals surface area contributed by atoms with E-state index in [0.29, 0.717) is 0 Å². The normalized spacial score (nSPS) is 10.4. The summed E-state index contributed by atoms with van der Waals surface area (Å²) in [7, 11) is 1.67. The summed E-state index contributed by atoms with van der Waals surface area (Å²) in [6, 6.07) is 3.71. The van der Waals surface area contributed by atoms with E-state index in [-0.39, 0.29) is 22.0 Å². The van der Waals surface area contributed by atoms with Crippen molar-refractivity contribution in [1.29, 1.82) is 0 Å². The topological polar surface area (TPSA) is 49.0 Å².